The van der Waals surface area contributed by atoms with Gasteiger partial charge in [0, 0.05) is 23.7 Å². The Morgan fingerprint density at radius 2 is 1.85 bits per heavy atom. The predicted octanol–water partition coefficient (Wildman–Crippen LogP) is 4.11. The number of methoxy groups -OCH3 is 1. The molecule has 0 radical (unpaired) electrons. The minimum atomic E-state index is 0.671. The van der Waals surface area contributed by atoms with Gasteiger partial charge in [-0.3, -0.25) is 0 Å². The number of hydrogen-bond donors (Lipinski definition) is 0. The second-order valence-electron chi connectivity index (χ2n) is 4.58. The Kier molecular flexibility index (Phi) is 3.85. The Balaban J connectivity index is 2.15. The fraction of sp³-hybridized carbons (Fsp3) is 0.188. The maximum absolute atomic E-state index is 5.22. The van der Waals surface area contributed by atoms with Crippen molar-refractivity contribution in [1.82, 2.24) is 9.55 Å². The Bertz CT molecular complexity index is 719. The number of rotatable bonds is 4. The first kappa shape index (κ1) is 13.3. The maximum atomic E-state index is 5.22. The molecule has 0 aliphatic rings. The molecular formula is C16H15BrN2O. The fourth-order valence-corrected chi connectivity index (χ4v) is 2.57. The second-order valence-corrected chi connectivity index (χ2v) is 5.49. The fourth-order valence-electron chi connectivity index (χ4n) is 2.30. The quantitative estimate of drug-likeness (QED) is 0.719. The molecule has 3 rings (SSSR count). The summed E-state index contributed by atoms with van der Waals surface area (Å²) < 4.78 is 8.50. The van der Waals surface area contributed by atoms with Crippen molar-refractivity contribution in [2.75, 3.05) is 13.7 Å². The minimum Gasteiger partial charge on any atom is -0.383 e. The lowest BCUT2D eigenvalue weighted by Gasteiger charge is -2.08. The molecule has 0 unspecified atom stereocenters. The molecule has 0 N–H and O–H groups in total. The summed E-state index contributed by atoms with van der Waals surface area (Å²) in [6.07, 6.45) is 0. The number of imidazole rings is 1. The highest BCUT2D eigenvalue weighted by atomic mass is 79.9. The molecule has 2 aromatic carbocycles. The van der Waals surface area contributed by atoms with Crippen LogP contribution in [-0.4, -0.2) is 23.3 Å². The molecule has 0 spiro atoms. The van der Waals surface area contributed by atoms with Crippen molar-refractivity contribution < 1.29 is 4.74 Å². The van der Waals surface area contributed by atoms with Gasteiger partial charge in [-0.15, -0.1) is 0 Å². The first-order chi connectivity index (χ1) is 9.79. The average Bonchev–Trinajstić information content (AvgIpc) is 2.84. The number of para-hydroxylation sites is 2. The van der Waals surface area contributed by atoms with E-state index in [2.05, 4.69) is 38.7 Å². The van der Waals surface area contributed by atoms with E-state index in [1.165, 1.54) is 0 Å². The van der Waals surface area contributed by atoms with Crippen LogP contribution < -0.4 is 0 Å². The van der Waals surface area contributed by atoms with E-state index in [-0.39, 0.29) is 0 Å². The third-order valence-corrected chi connectivity index (χ3v) is 3.80. The third-order valence-electron chi connectivity index (χ3n) is 3.28. The molecule has 0 atom stereocenters. The summed E-state index contributed by atoms with van der Waals surface area (Å²) in [6, 6.07) is 16.4. The second kappa shape index (κ2) is 5.77. The number of benzene rings is 2. The normalized spacial score (nSPS) is 11.1. The van der Waals surface area contributed by atoms with Crippen LogP contribution >= 0.6 is 15.9 Å². The summed E-state index contributed by atoms with van der Waals surface area (Å²) >= 11 is 3.47. The molecule has 102 valence electrons. The average molecular weight is 331 g/mol. The van der Waals surface area contributed by atoms with Crippen molar-refractivity contribution in [2.24, 2.45) is 0 Å². The smallest absolute Gasteiger partial charge is 0.141 e. The van der Waals surface area contributed by atoms with Gasteiger partial charge in [-0.2, -0.15) is 0 Å². The van der Waals surface area contributed by atoms with Gasteiger partial charge in [0.05, 0.1) is 17.6 Å². The number of nitrogens with zero attached hydrogens (tertiary/aromatic N) is 2. The number of aromatic nitrogens is 2. The number of halogens is 1. The van der Waals surface area contributed by atoms with Gasteiger partial charge in [-0.05, 0) is 24.3 Å². The molecule has 3 aromatic rings. The summed E-state index contributed by atoms with van der Waals surface area (Å²) in [5.41, 5.74) is 3.27. The van der Waals surface area contributed by atoms with E-state index in [0.29, 0.717) is 6.61 Å². The highest BCUT2D eigenvalue weighted by Gasteiger charge is 2.11. The van der Waals surface area contributed by atoms with Crippen LogP contribution in [0.2, 0.25) is 0 Å². The van der Waals surface area contributed by atoms with Gasteiger partial charge < -0.3 is 9.30 Å². The zero-order chi connectivity index (χ0) is 13.9. The van der Waals surface area contributed by atoms with Gasteiger partial charge in [-0.1, -0.05) is 40.2 Å². The van der Waals surface area contributed by atoms with E-state index in [0.717, 1.165) is 33.4 Å². The van der Waals surface area contributed by atoms with Crippen LogP contribution in [0.3, 0.4) is 0 Å². The van der Waals surface area contributed by atoms with Gasteiger partial charge in [0.25, 0.3) is 0 Å². The van der Waals surface area contributed by atoms with Crippen molar-refractivity contribution in [3.05, 3.63) is 53.0 Å². The molecule has 4 heteroatoms. The van der Waals surface area contributed by atoms with Crippen molar-refractivity contribution in [3.8, 4) is 11.4 Å². The largest absolute Gasteiger partial charge is 0.383 e. The Morgan fingerprint density at radius 3 is 2.60 bits per heavy atom. The summed E-state index contributed by atoms with van der Waals surface area (Å²) in [5, 5.41) is 0. The molecule has 0 saturated carbocycles. The maximum Gasteiger partial charge on any atom is 0.141 e. The SMILES string of the molecule is COCCn1c(-c2ccc(Br)cc2)nc2ccccc21. The van der Waals surface area contributed by atoms with Crippen LogP contribution in [0.5, 0.6) is 0 Å². The first-order valence-corrected chi connectivity index (χ1v) is 7.29. The molecule has 20 heavy (non-hydrogen) atoms. The number of ether oxygens (including phenoxy) is 1. The standard InChI is InChI=1S/C16H15BrN2O/c1-20-11-10-19-15-5-3-2-4-14(15)18-16(19)12-6-8-13(17)9-7-12/h2-9H,10-11H2,1H3. The molecule has 0 saturated heterocycles. The van der Waals surface area contributed by atoms with Gasteiger partial charge in [-0.25, -0.2) is 4.98 Å². The summed E-state index contributed by atoms with van der Waals surface area (Å²) in [5.74, 6) is 0.982. The molecule has 3 nitrogen and oxygen atoms in total. The van der Waals surface area contributed by atoms with E-state index in [1.807, 2.05) is 30.3 Å². The van der Waals surface area contributed by atoms with E-state index in [9.17, 15) is 0 Å². The molecule has 0 fully saturated rings. The summed E-state index contributed by atoms with van der Waals surface area (Å²) in [6.45, 7) is 1.46. The van der Waals surface area contributed by atoms with Gasteiger partial charge >= 0.3 is 0 Å². The van der Waals surface area contributed by atoms with Crippen molar-refractivity contribution in [1.29, 1.82) is 0 Å². The Labute approximate surface area is 126 Å². The van der Waals surface area contributed by atoms with Crippen LogP contribution in [0.4, 0.5) is 0 Å². The number of hydrogen-bond acceptors (Lipinski definition) is 2. The molecule has 0 bridgehead atoms. The molecule has 1 aromatic heterocycles. The lowest BCUT2D eigenvalue weighted by Crippen LogP contribution is -2.05. The van der Waals surface area contributed by atoms with E-state index < -0.39 is 0 Å². The van der Waals surface area contributed by atoms with Gasteiger partial charge in [0.1, 0.15) is 5.82 Å². The molecule has 0 amide bonds. The predicted molar refractivity (Wildman–Crippen MR) is 84.7 cm³/mol. The van der Waals surface area contributed by atoms with Gasteiger partial charge in [0.2, 0.25) is 0 Å². The third kappa shape index (κ3) is 2.49. The van der Waals surface area contributed by atoms with Crippen LogP contribution in [-0.2, 0) is 11.3 Å². The van der Waals surface area contributed by atoms with Gasteiger partial charge in [0.15, 0.2) is 0 Å². The molecular weight excluding hydrogens is 316 g/mol. The topological polar surface area (TPSA) is 27.1 Å². The van der Waals surface area contributed by atoms with E-state index >= 15 is 0 Å². The molecule has 0 aliphatic carbocycles. The zero-order valence-corrected chi connectivity index (χ0v) is 12.8. The van der Waals surface area contributed by atoms with Crippen molar-refractivity contribution >= 4 is 27.0 Å². The molecule has 1 heterocycles. The highest BCUT2D eigenvalue weighted by molar-refractivity contribution is 9.10. The molecule has 0 aliphatic heterocycles. The minimum absolute atomic E-state index is 0.671. The summed E-state index contributed by atoms with van der Waals surface area (Å²) in [4.78, 5) is 4.76. The monoisotopic (exact) mass is 330 g/mol. The van der Waals surface area contributed by atoms with Crippen LogP contribution in [0.25, 0.3) is 22.4 Å². The Hall–Kier alpha value is -1.65. The lowest BCUT2D eigenvalue weighted by atomic mass is 10.2. The van der Waals surface area contributed by atoms with Crippen molar-refractivity contribution in [3.63, 3.8) is 0 Å². The van der Waals surface area contributed by atoms with E-state index in [1.54, 1.807) is 7.11 Å². The van der Waals surface area contributed by atoms with Crippen molar-refractivity contribution in [2.45, 2.75) is 6.54 Å². The van der Waals surface area contributed by atoms with E-state index in [4.69, 9.17) is 9.72 Å². The first-order valence-electron chi connectivity index (χ1n) is 6.50. The lowest BCUT2D eigenvalue weighted by molar-refractivity contribution is 0.188. The summed E-state index contributed by atoms with van der Waals surface area (Å²) in [7, 11) is 1.72. The zero-order valence-electron chi connectivity index (χ0n) is 11.2. The Morgan fingerprint density at radius 1 is 1.10 bits per heavy atom. The van der Waals surface area contributed by atoms with Crippen LogP contribution in [0.1, 0.15) is 0 Å². The van der Waals surface area contributed by atoms with Crippen LogP contribution in [0, 0.1) is 0 Å². The van der Waals surface area contributed by atoms with Crippen LogP contribution in [0.15, 0.2) is 53.0 Å². The number of fused-ring (bicyclic) bond motifs is 1. The highest BCUT2D eigenvalue weighted by Crippen LogP contribution is 2.25.